The van der Waals surface area contributed by atoms with Crippen molar-refractivity contribution in [3.8, 4) is 0 Å². The van der Waals surface area contributed by atoms with E-state index in [1.807, 2.05) is 0 Å². The molecule has 6 heteroatoms. The van der Waals surface area contributed by atoms with Crippen molar-refractivity contribution in [1.82, 2.24) is 4.57 Å². The van der Waals surface area contributed by atoms with E-state index in [0.29, 0.717) is 11.6 Å². The minimum absolute atomic E-state index is 0.0921. The Morgan fingerprint density at radius 3 is 2.70 bits per heavy atom. The monoisotopic (exact) mass is 314 g/mol. The zero-order chi connectivity index (χ0) is 16.4. The van der Waals surface area contributed by atoms with Crippen LogP contribution in [0.2, 0.25) is 0 Å². The third-order valence-electron chi connectivity index (χ3n) is 3.47. The molecule has 0 aliphatic heterocycles. The lowest BCUT2D eigenvalue weighted by molar-refractivity contribution is -0.116. The molecule has 0 aliphatic rings. The van der Waals surface area contributed by atoms with Crippen LogP contribution >= 0.6 is 0 Å². The summed E-state index contributed by atoms with van der Waals surface area (Å²) in [7, 11) is 0. The number of hydrogen-bond acceptors (Lipinski definition) is 2. The first-order valence-electron chi connectivity index (χ1n) is 6.86. The molecule has 0 atom stereocenters. The van der Waals surface area contributed by atoms with Gasteiger partial charge >= 0.3 is 0 Å². The first kappa shape index (κ1) is 14.9. The van der Waals surface area contributed by atoms with E-state index in [1.165, 1.54) is 0 Å². The predicted molar refractivity (Wildman–Crippen MR) is 82.3 cm³/mol. The van der Waals surface area contributed by atoms with Crippen LogP contribution in [0.15, 0.2) is 48.7 Å². The number of aromatic nitrogens is 1. The van der Waals surface area contributed by atoms with Gasteiger partial charge in [-0.3, -0.25) is 9.59 Å². The van der Waals surface area contributed by atoms with Gasteiger partial charge in [0.2, 0.25) is 5.91 Å². The van der Waals surface area contributed by atoms with E-state index < -0.39 is 17.5 Å². The van der Waals surface area contributed by atoms with Gasteiger partial charge in [-0.2, -0.15) is 0 Å². The molecule has 1 N–H and O–H groups in total. The van der Waals surface area contributed by atoms with Crippen molar-refractivity contribution in [2.24, 2.45) is 0 Å². The molecule has 0 radical (unpaired) electrons. The third kappa shape index (κ3) is 2.96. The number of nitrogens with zero attached hydrogens (tertiary/aromatic N) is 1. The number of para-hydroxylation sites is 1. The van der Waals surface area contributed by atoms with Crippen LogP contribution in [0.1, 0.15) is 10.4 Å². The second-order valence-electron chi connectivity index (χ2n) is 5.02. The van der Waals surface area contributed by atoms with Gasteiger partial charge in [0, 0.05) is 28.7 Å². The van der Waals surface area contributed by atoms with Crippen LogP contribution in [0, 0.1) is 11.6 Å². The molecule has 1 amide bonds. The number of rotatable bonds is 4. The second kappa shape index (κ2) is 6.00. The van der Waals surface area contributed by atoms with Crippen molar-refractivity contribution in [3.05, 3.63) is 65.9 Å². The number of aldehydes is 1. The lowest BCUT2D eigenvalue weighted by Crippen LogP contribution is -2.19. The maximum atomic E-state index is 13.6. The van der Waals surface area contributed by atoms with Gasteiger partial charge in [-0.25, -0.2) is 8.78 Å². The van der Waals surface area contributed by atoms with Crippen LogP contribution in [0.5, 0.6) is 0 Å². The number of hydrogen-bond donors (Lipinski definition) is 1. The number of benzene rings is 2. The molecule has 4 nitrogen and oxygen atoms in total. The molecule has 0 saturated carbocycles. The average Bonchev–Trinajstić information content (AvgIpc) is 2.88. The zero-order valence-corrected chi connectivity index (χ0v) is 11.9. The molecule has 1 heterocycles. The smallest absolute Gasteiger partial charge is 0.244 e. The summed E-state index contributed by atoms with van der Waals surface area (Å²) in [6.07, 6.45) is 2.29. The highest BCUT2D eigenvalue weighted by molar-refractivity contribution is 5.99. The van der Waals surface area contributed by atoms with E-state index in [2.05, 4.69) is 5.32 Å². The number of nitrogens with one attached hydrogen (secondary N) is 1. The van der Waals surface area contributed by atoms with Crippen LogP contribution in [-0.4, -0.2) is 16.8 Å². The summed E-state index contributed by atoms with van der Waals surface area (Å²) < 4.78 is 28.0. The first-order valence-corrected chi connectivity index (χ1v) is 6.86. The van der Waals surface area contributed by atoms with Crippen molar-refractivity contribution in [1.29, 1.82) is 0 Å². The fourth-order valence-electron chi connectivity index (χ4n) is 2.44. The maximum Gasteiger partial charge on any atom is 0.244 e. The highest BCUT2D eigenvalue weighted by Crippen LogP contribution is 2.20. The molecule has 0 spiro atoms. The summed E-state index contributed by atoms with van der Waals surface area (Å²) in [5.74, 6) is -2.04. The second-order valence-corrected chi connectivity index (χ2v) is 5.02. The summed E-state index contributed by atoms with van der Waals surface area (Å²) >= 11 is 0. The summed E-state index contributed by atoms with van der Waals surface area (Å²) in [4.78, 5) is 23.2. The Bertz CT molecular complexity index is 903. The predicted octanol–water partition coefficient (Wildman–Crippen LogP) is 3.37. The molecule has 0 bridgehead atoms. The van der Waals surface area contributed by atoms with E-state index in [1.54, 1.807) is 35.0 Å². The van der Waals surface area contributed by atoms with Crippen molar-refractivity contribution in [3.63, 3.8) is 0 Å². The van der Waals surface area contributed by atoms with Gasteiger partial charge in [-0.05, 0) is 18.2 Å². The molecule has 0 fully saturated rings. The Hall–Kier alpha value is -3.02. The van der Waals surface area contributed by atoms with E-state index in [0.717, 1.165) is 29.3 Å². The normalized spacial score (nSPS) is 10.7. The molecule has 1 aromatic heterocycles. The minimum atomic E-state index is -0.843. The Morgan fingerprint density at radius 2 is 1.96 bits per heavy atom. The van der Waals surface area contributed by atoms with Gasteiger partial charge < -0.3 is 9.88 Å². The Morgan fingerprint density at radius 1 is 1.17 bits per heavy atom. The highest BCUT2D eigenvalue weighted by Gasteiger charge is 2.12. The van der Waals surface area contributed by atoms with Gasteiger partial charge in [-0.1, -0.05) is 18.2 Å². The van der Waals surface area contributed by atoms with Crippen LogP contribution < -0.4 is 5.32 Å². The van der Waals surface area contributed by atoms with Crippen LogP contribution in [0.3, 0.4) is 0 Å². The quantitative estimate of drug-likeness (QED) is 0.751. The van der Waals surface area contributed by atoms with E-state index in [9.17, 15) is 18.4 Å². The van der Waals surface area contributed by atoms with Crippen molar-refractivity contribution >= 4 is 28.8 Å². The van der Waals surface area contributed by atoms with E-state index >= 15 is 0 Å². The van der Waals surface area contributed by atoms with Gasteiger partial charge in [0.05, 0.1) is 5.69 Å². The topological polar surface area (TPSA) is 51.1 Å². The van der Waals surface area contributed by atoms with Gasteiger partial charge in [0.25, 0.3) is 0 Å². The average molecular weight is 314 g/mol. The van der Waals surface area contributed by atoms with Crippen LogP contribution in [0.4, 0.5) is 14.5 Å². The van der Waals surface area contributed by atoms with Gasteiger partial charge in [0.1, 0.15) is 18.2 Å². The molecular formula is C17H12F2N2O2. The lowest BCUT2D eigenvalue weighted by Gasteiger charge is -2.08. The molecule has 2 aromatic carbocycles. The summed E-state index contributed by atoms with van der Waals surface area (Å²) in [6, 6.07) is 10.1. The summed E-state index contributed by atoms with van der Waals surface area (Å²) in [6.45, 7) is -0.0921. The number of amides is 1. The zero-order valence-electron chi connectivity index (χ0n) is 11.9. The van der Waals surface area contributed by atoms with Gasteiger partial charge in [0.15, 0.2) is 6.29 Å². The molecule has 0 aliphatic carbocycles. The Balaban J connectivity index is 1.84. The fraction of sp³-hybridized carbons (Fsp3) is 0.0588. The van der Waals surface area contributed by atoms with Crippen molar-refractivity contribution in [2.45, 2.75) is 6.54 Å². The van der Waals surface area contributed by atoms with E-state index in [-0.39, 0.29) is 12.2 Å². The number of anilines is 1. The van der Waals surface area contributed by atoms with Crippen LogP contribution in [0.25, 0.3) is 10.9 Å². The molecule has 23 heavy (non-hydrogen) atoms. The molecule has 3 rings (SSSR count). The highest BCUT2D eigenvalue weighted by atomic mass is 19.1. The maximum absolute atomic E-state index is 13.6. The van der Waals surface area contributed by atoms with Crippen molar-refractivity contribution in [2.75, 3.05) is 5.32 Å². The third-order valence-corrected chi connectivity index (χ3v) is 3.47. The number of carbonyl (C=O) groups excluding carboxylic acids is 2. The summed E-state index contributed by atoms with van der Waals surface area (Å²) in [5.41, 5.74) is 1.11. The molecule has 3 aromatic rings. The first-order chi connectivity index (χ1) is 11.1. The Labute approximate surface area is 130 Å². The Kier molecular flexibility index (Phi) is 3.89. The number of halogens is 2. The lowest BCUT2D eigenvalue weighted by atomic mass is 10.2. The largest absolute Gasteiger partial charge is 0.337 e. The molecule has 0 saturated heterocycles. The van der Waals surface area contributed by atoms with Crippen LogP contribution in [-0.2, 0) is 11.3 Å². The molecule has 0 unspecified atom stereocenters. The number of fused-ring (bicyclic) bond motifs is 1. The fourth-order valence-corrected chi connectivity index (χ4v) is 2.44. The number of carbonyl (C=O) groups is 2. The molecular weight excluding hydrogens is 302 g/mol. The van der Waals surface area contributed by atoms with E-state index in [4.69, 9.17) is 0 Å². The van der Waals surface area contributed by atoms with Gasteiger partial charge in [-0.15, -0.1) is 0 Å². The summed E-state index contributed by atoms with van der Waals surface area (Å²) in [5, 5.41) is 3.13. The van der Waals surface area contributed by atoms with Crippen molar-refractivity contribution < 1.29 is 18.4 Å². The standard InChI is InChI=1S/C17H12F2N2O2/c18-12-5-6-15(14(19)7-12)20-17(23)9-21-8-11(10-22)13-3-1-2-4-16(13)21/h1-8,10H,9H2,(H,20,23). The minimum Gasteiger partial charge on any atom is -0.337 e. The molecule has 116 valence electrons. The SMILES string of the molecule is O=Cc1cn(CC(=O)Nc2ccc(F)cc2F)c2ccccc12.